The molecule has 1 aliphatic heterocycles. The first-order valence-corrected chi connectivity index (χ1v) is 6.21. The molecule has 0 fully saturated rings. The minimum Gasteiger partial charge on any atom is -0.369 e. The summed E-state index contributed by atoms with van der Waals surface area (Å²) in [5.74, 6) is -0.366. The summed E-state index contributed by atoms with van der Waals surface area (Å²) in [5.41, 5.74) is 2.47. The Morgan fingerprint density at radius 1 is 1.37 bits per heavy atom. The standard InChI is InChI=1S/C13H15NO2.C3H8/c1-6-8(4)10-11(9(5)7(2)3)13(16)14-12(10)15;1-3-2/h6,13,16H,1-2,4-5H2,3H3,(H,14,15);3H2,1-2H3. The van der Waals surface area contributed by atoms with E-state index in [2.05, 4.69) is 45.5 Å². The zero-order chi connectivity index (χ0) is 15.2. The van der Waals surface area contributed by atoms with Crippen LogP contribution in [0.4, 0.5) is 0 Å². The van der Waals surface area contributed by atoms with Crippen LogP contribution in [-0.4, -0.2) is 17.2 Å². The fourth-order valence-electron chi connectivity index (χ4n) is 1.49. The van der Waals surface area contributed by atoms with Crippen molar-refractivity contribution in [1.82, 2.24) is 5.32 Å². The smallest absolute Gasteiger partial charge is 0.254 e. The zero-order valence-electron chi connectivity index (χ0n) is 12.0. The van der Waals surface area contributed by atoms with Crippen LogP contribution < -0.4 is 5.32 Å². The molecular formula is C16H23NO2. The summed E-state index contributed by atoms with van der Waals surface area (Å²) in [4.78, 5) is 11.6. The van der Waals surface area contributed by atoms with E-state index >= 15 is 0 Å². The van der Waals surface area contributed by atoms with Crippen LogP contribution >= 0.6 is 0 Å². The summed E-state index contributed by atoms with van der Waals surface area (Å²) in [6.07, 6.45) is 1.67. The molecule has 0 radical (unpaired) electrons. The maximum atomic E-state index is 11.6. The quantitative estimate of drug-likeness (QED) is 0.764. The number of hydrogen-bond acceptors (Lipinski definition) is 2. The molecule has 3 nitrogen and oxygen atoms in total. The molecule has 0 aliphatic carbocycles. The highest BCUT2D eigenvalue weighted by Crippen LogP contribution is 2.30. The normalized spacial score (nSPS) is 17.3. The predicted octanol–water partition coefficient (Wildman–Crippen LogP) is 3.02. The predicted molar refractivity (Wildman–Crippen MR) is 80.4 cm³/mol. The Hall–Kier alpha value is -1.87. The number of allylic oxidation sites excluding steroid dienone is 2. The van der Waals surface area contributed by atoms with Gasteiger partial charge in [-0.15, -0.1) is 0 Å². The van der Waals surface area contributed by atoms with Crippen molar-refractivity contribution in [3.8, 4) is 0 Å². The summed E-state index contributed by atoms with van der Waals surface area (Å²) in [7, 11) is 0. The largest absolute Gasteiger partial charge is 0.369 e. The molecule has 0 aromatic carbocycles. The number of amides is 1. The second-order valence-corrected chi connectivity index (χ2v) is 4.36. The second-order valence-electron chi connectivity index (χ2n) is 4.36. The lowest BCUT2D eigenvalue weighted by Gasteiger charge is -2.12. The first-order valence-electron chi connectivity index (χ1n) is 6.21. The molecule has 1 heterocycles. The molecule has 0 aromatic heterocycles. The van der Waals surface area contributed by atoms with E-state index in [0.29, 0.717) is 27.9 Å². The second kappa shape index (κ2) is 7.54. The zero-order valence-corrected chi connectivity index (χ0v) is 12.0. The van der Waals surface area contributed by atoms with Crippen LogP contribution in [0.3, 0.4) is 0 Å². The summed E-state index contributed by atoms with van der Waals surface area (Å²) >= 11 is 0. The molecule has 1 rings (SSSR count). The van der Waals surface area contributed by atoms with Crippen molar-refractivity contribution < 1.29 is 9.90 Å². The van der Waals surface area contributed by atoms with E-state index in [-0.39, 0.29) is 5.91 Å². The molecule has 0 saturated heterocycles. The van der Waals surface area contributed by atoms with E-state index in [1.165, 1.54) is 12.5 Å². The van der Waals surface area contributed by atoms with Crippen molar-refractivity contribution >= 4 is 5.91 Å². The van der Waals surface area contributed by atoms with Crippen LogP contribution in [0.15, 0.2) is 60.3 Å². The summed E-state index contributed by atoms with van der Waals surface area (Å²) in [6.45, 7) is 20.8. The van der Waals surface area contributed by atoms with Gasteiger partial charge < -0.3 is 10.4 Å². The summed E-state index contributed by atoms with van der Waals surface area (Å²) in [6, 6.07) is 0. The Balaban J connectivity index is 0.000000982. The number of carbonyl (C=O) groups is 1. The van der Waals surface area contributed by atoms with Crippen molar-refractivity contribution in [3.05, 3.63) is 60.3 Å². The molecular weight excluding hydrogens is 238 g/mol. The average molecular weight is 261 g/mol. The van der Waals surface area contributed by atoms with E-state index in [0.717, 1.165) is 0 Å². The van der Waals surface area contributed by atoms with Crippen molar-refractivity contribution in [2.45, 2.75) is 33.4 Å². The van der Waals surface area contributed by atoms with Crippen molar-refractivity contribution in [2.75, 3.05) is 0 Å². The van der Waals surface area contributed by atoms with E-state index in [1.54, 1.807) is 6.92 Å². The van der Waals surface area contributed by atoms with Gasteiger partial charge in [-0.25, -0.2) is 0 Å². The molecule has 104 valence electrons. The number of aliphatic hydroxyl groups is 1. The van der Waals surface area contributed by atoms with Gasteiger partial charge in [-0.1, -0.05) is 58.2 Å². The Morgan fingerprint density at radius 3 is 2.21 bits per heavy atom. The Morgan fingerprint density at radius 2 is 1.84 bits per heavy atom. The van der Waals surface area contributed by atoms with Gasteiger partial charge in [-0.05, 0) is 18.1 Å². The molecule has 0 aromatic rings. The number of nitrogens with one attached hydrogen (secondary N) is 1. The van der Waals surface area contributed by atoms with Gasteiger partial charge in [0, 0.05) is 5.57 Å². The fourth-order valence-corrected chi connectivity index (χ4v) is 1.49. The van der Waals surface area contributed by atoms with Gasteiger partial charge in [-0.3, -0.25) is 4.79 Å². The third-order valence-electron chi connectivity index (χ3n) is 2.45. The van der Waals surface area contributed by atoms with Gasteiger partial charge >= 0.3 is 0 Å². The van der Waals surface area contributed by atoms with Crippen LogP contribution in [0.1, 0.15) is 27.2 Å². The molecule has 3 heteroatoms. The van der Waals surface area contributed by atoms with Gasteiger partial charge in [0.1, 0.15) is 0 Å². The Bertz CT molecular complexity index is 455. The van der Waals surface area contributed by atoms with Crippen LogP contribution in [0.2, 0.25) is 0 Å². The van der Waals surface area contributed by atoms with E-state index < -0.39 is 6.23 Å². The summed E-state index contributed by atoms with van der Waals surface area (Å²) < 4.78 is 0. The average Bonchev–Trinajstić information content (AvgIpc) is 2.63. The van der Waals surface area contributed by atoms with Gasteiger partial charge in [-0.2, -0.15) is 0 Å². The SMILES string of the molecule is C=CC(=C)C1=C(C(=C)C(=C)C)C(O)NC1=O.CCC. The molecule has 0 spiro atoms. The monoisotopic (exact) mass is 261 g/mol. The minimum atomic E-state index is -1.05. The van der Waals surface area contributed by atoms with Crippen LogP contribution in [0, 0.1) is 0 Å². The van der Waals surface area contributed by atoms with Crippen LogP contribution in [-0.2, 0) is 4.79 Å². The molecule has 1 amide bonds. The topological polar surface area (TPSA) is 49.3 Å². The molecule has 0 bridgehead atoms. The van der Waals surface area contributed by atoms with Crippen LogP contribution in [0.5, 0.6) is 0 Å². The van der Waals surface area contributed by atoms with Crippen molar-refractivity contribution in [3.63, 3.8) is 0 Å². The highest BCUT2D eigenvalue weighted by molar-refractivity contribution is 6.03. The molecule has 1 atom stereocenters. The van der Waals surface area contributed by atoms with Gasteiger partial charge in [0.05, 0.1) is 5.57 Å². The lowest BCUT2D eigenvalue weighted by molar-refractivity contribution is -0.118. The maximum absolute atomic E-state index is 11.6. The first kappa shape index (κ1) is 17.1. The fraction of sp³-hybridized carbons (Fsp3) is 0.312. The highest BCUT2D eigenvalue weighted by atomic mass is 16.3. The number of hydrogen-bond donors (Lipinski definition) is 2. The molecule has 1 unspecified atom stereocenters. The minimum absolute atomic E-state index is 0.329. The maximum Gasteiger partial charge on any atom is 0.254 e. The van der Waals surface area contributed by atoms with Crippen molar-refractivity contribution in [2.24, 2.45) is 0 Å². The van der Waals surface area contributed by atoms with E-state index in [1.807, 2.05) is 0 Å². The molecule has 1 aliphatic rings. The number of aliphatic hydroxyl groups excluding tert-OH is 1. The molecule has 19 heavy (non-hydrogen) atoms. The molecule has 0 saturated carbocycles. The van der Waals surface area contributed by atoms with E-state index in [4.69, 9.17) is 0 Å². The van der Waals surface area contributed by atoms with Gasteiger partial charge in [0.2, 0.25) is 0 Å². The first-order chi connectivity index (χ1) is 8.81. The van der Waals surface area contributed by atoms with E-state index in [9.17, 15) is 9.90 Å². The Labute approximate surface area is 115 Å². The lowest BCUT2D eigenvalue weighted by Crippen LogP contribution is -2.28. The Kier molecular flexibility index (Phi) is 6.80. The molecule has 2 N–H and O–H groups in total. The van der Waals surface area contributed by atoms with Crippen LogP contribution in [0.25, 0.3) is 0 Å². The lowest BCUT2D eigenvalue weighted by atomic mass is 9.94. The summed E-state index contributed by atoms with van der Waals surface area (Å²) in [5, 5.41) is 12.1. The number of carbonyl (C=O) groups excluding carboxylic acids is 1. The van der Waals surface area contributed by atoms with Gasteiger partial charge in [0.15, 0.2) is 6.23 Å². The van der Waals surface area contributed by atoms with Gasteiger partial charge in [0.25, 0.3) is 5.91 Å². The highest BCUT2D eigenvalue weighted by Gasteiger charge is 2.32. The number of rotatable bonds is 4. The third-order valence-corrected chi connectivity index (χ3v) is 2.45. The third kappa shape index (κ3) is 4.07. The van der Waals surface area contributed by atoms with Crippen molar-refractivity contribution in [1.29, 1.82) is 0 Å².